The predicted octanol–water partition coefficient (Wildman–Crippen LogP) is 2.18. The lowest BCUT2D eigenvalue weighted by molar-refractivity contribution is -0.394. The highest BCUT2D eigenvalue weighted by molar-refractivity contribution is 6.04. The number of aromatic nitrogens is 6. The molecule has 42 heavy (non-hydrogen) atoms. The predicted molar refractivity (Wildman–Crippen MR) is 132 cm³/mol. The summed E-state index contributed by atoms with van der Waals surface area (Å²) in [4.78, 5) is 74.1. The molecule has 0 atom stereocenters. The molecule has 0 bridgehead atoms. The SMILES string of the molecule is O=C(O)c1nn(-c2ccc([N+](=O)[O-])cc2[N+](=O)[O-])c2nc3c(nc12)c(C(=O)O)nn3-c1ccc([N+](=O)[O-])cc1[N+](=O)[O-]. The van der Waals surface area contributed by atoms with Crippen molar-refractivity contribution in [2.24, 2.45) is 0 Å². The van der Waals surface area contributed by atoms with Gasteiger partial charge in [-0.1, -0.05) is 0 Å². The van der Waals surface area contributed by atoms with Crippen molar-refractivity contribution >= 4 is 57.0 Å². The first-order chi connectivity index (χ1) is 19.8. The molecule has 3 aromatic heterocycles. The largest absolute Gasteiger partial charge is 0.476 e. The summed E-state index contributed by atoms with van der Waals surface area (Å²) < 4.78 is 1.24. The van der Waals surface area contributed by atoms with Crippen LogP contribution in [0.25, 0.3) is 33.7 Å². The molecule has 5 aromatic rings. The van der Waals surface area contributed by atoms with Gasteiger partial charge in [0.1, 0.15) is 22.4 Å². The first-order valence-corrected chi connectivity index (χ1v) is 10.8. The van der Waals surface area contributed by atoms with Crippen molar-refractivity contribution in [2.75, 3.05) is 0 Å². The molecule has 210 valence electrons. The van der Waals surface area contributed by atoms with Crippen molar-refractivity contribution < 1.29 is 39.5 Å². The minimum absolute atomic E-state index is 0.498. The third-order valence-corrected chi connectivity index (χ3v) is 5.70. The molecule has 3 heterocycles. The van der Waals surface area contributed by atoms with Crippen LogP contribution >= 0.6 is 0 Å². The van der Waals surface area contributed by atoms with E-state index in [2.05, 4.69) is 20.2 Å². The van der Waals surface area contributed by atoms with Crippen LogP contribution in [0.1, 0.15) is 21.0 Å². The first-order valence-electron chi connectivity index (χ1n) is 10.8. The second-order valence-electron chi connectivity index (χ2n) is 8.07. The number of nitro groups is 4. The van der Waals surface area contributed by atoms with Gasteiger partial charge in [-0.2, -0.15) is 10.2 Å². The van der Waals surface area contributed by atoms with Gasteiger partial charge in [0.15, 0.2) is 22.7 Å². The minimum Gasteiger partial charge on any atom is -0.476 e. The Morgan fingerprint density at radius 2 is 1.00 bits per heavy atom. The van der Waals surface area contributed by atoms with Gasteiger partial charge in [-0.3, -0.25) is 40.5 Å². The number of carboxylic acids is 2. The maximum absolute atomic E-state index is 12.0. The Labute approximate surface area is 226 Å². The van der Waals surface area contributed by atoms with Crippen LogP contribution in [-0.4, -0.2) is 71.4 Å². The summed E-state index contributed by atoms with van der Waals surface area (Å²) in [7, 11) is 0. The smallest absolute Gasteiger partial charge is 0.358 e. The number of nitrogens with zero attached hydrogens (tertiary/aromatic N) is 10. The normalized spacial score (nSPS) is 11.0. The number of non-ortho nitro benzene ring substituents is 2. The zero-order valence-corrected chi connectivity index (χ0v) is 19.9. The van der Waals surface area contributed by atoms with E-state index in [9.17, 15) is 60.3 Å². The highest BCUT2D eigenvalue weighted by Gasteiger charge is 2.31. The molecular formula is C20H8N10O12. The molecule has 0 aliphatic heterocycles. The monoisotopic (exact) mass is 580 g/mol. The Bertz CT molecular complexity index is 1940. The lowest BCUT2D eigenvalue weighted by Gasteiger charge is -2.06. The summed E-state index contributed by atoms with van der Waals surface area (Å²) in [5, 5.41) is 72.8. The van der Waals surface area contributed by atoms with E-state index in [0.29, 0.717) is 21.5 Å². The van der Waals surface area contributed by atoms with Crippen LogP contribution in [-0.2, 0) is 0 Å². The van der Waals surface area contributed by atoms with Gasteiger partial charge in [0.25, 0.3) is 11.4 Å². The van der Waals surface area contributed by atoms with Crippen LogP contribution in [0.15, 0.2) is 36.4 Å². The maximum Gasteiger partial charge on any atom is 0.358 e. The fourth-order valence-corrected chi connectivity index (χ4v) is 3.95. The molecule has 0 saturated heterocycles. The molecule has 22 heteroatoms. The third kappa shape index (κ3) is 4.08. The Hall–Kier alpha value is -7.00. The molecular weight excluding hydrogens is 572 g/mol. The average Bonchev–Trinajstić information content (AvgIpc) is 3.49. The number of aromatic carboxylic acids is 2. The van der Waals surface area contributed by atoms with Gasteiger partial charge in [-0.05, 0) is 12.1 Å². The Morgan fingerprint density at radius 1 is 0.619 bits per heavy atom. The number of nitro benzene ring substituents is 4. The molecule has 0 amide bonds. The zero-order valence-electron chi connectivity index (χ0n) is 19.9. The van der Waals surface area contributed by atoms with Crippen molar-refractivity contribution in [2.45, 2.75) is 0 Å². The quantitative estimate of drug-likeness (QED) is 0.196. The van der Waals surface area contributed by atoms with Crippen molar-refractivity contribution in [3.05, 3.63) is 88.2 Å². The summed E-state index contributed by atoms with van der Waals surface area (Å²) in [6.45, 7) is 0. The lowest BCUT2D eigenvalue weighted by Crippen LogP contribution is -2.06. The molecule has 0 spiro atoms. The van der Waals surface area contributed by atoms with Gasteiger partial charge >= 0.3 is 23.3 Å². The van der Waals surface area contributed by atoms with Crippen molar-refractivity contribution in [3.63, 3.8) is 0 Å². The molecule has 2 aromatic carbocycles. The topological polar surface area (TPSA) is 309 Å². The maximum atomic E-state index is 12.0. The second-order valence-corrected chi connectivity index (χ2v) is 8.07. The van der Waals surface area contributed by atoms with E-state index in [0.717, 1.165) is 24.3 Å². The van der Waals surface area contributed by atoms with E-state index in [-0.39, 0.29) is 0 Å². The van der Waals surface area contributed by atoms with Gasteiger partial charge in [0, 0.05) is 12.1 Å². The van der Waals surface area contributed by atoms with E-state index < -0.39 is 99.5 Å². The molecule has 0 aliphatic rings. The number of hydrogen-bond donors (Lipinski definition) is 2. The van der Waals surface area contributed by atoms with Crippen LogP contribution in [0.5, 0.6) is 0 Å². The Balaban J connectivity index is 1.91. The Kier molecular flexibility index (Phi) is 5.91. The van der Waals surface area contributed by atoms with E-state index in [1.54, 1.807) is 0 Å². The fourth-order valence-electron chi connectivity index (χ4n) is 3.95. The molecule has 0 unspecified atom stereocenters. The van der Waals surface area contributed by atoms with Gasteiger partial charge in [0.2, 0.25) is 0 Å². The van der Waals surface area contributed by atoms with Gasteiger partial charge in [-0.15, -0.1) is 0 Å². The number of hydrogen-bond acceptors (Lipinski definition) is 14. The van der Waals surface area contributed by atoms with Gasteiger partial charge in [-0.25, -0.2) is 28.9 Å². The van der Waals surface area contributed by atoms with E-state index >= 15 is 0 Å². The number of rotatable bonds is 8. The summed E-state index contributed by atoms with van der Waals surface area (Å²) in [5.74, 6) is -3.43. The lowest BCUT2D eigenvalue weighted by atomic mass is 10.2. The number of fused-ring (bicyclic) bond motifs is 2. The molecule has 0 saturated carbocycles. The molecule has 0 fully saturated rings. The van der Waals surface area contributed by atoms with Crippen LogP contribution in [0.4, 0.5) is 22.7 Å². The second kappa shape index (κ2) is 9.33. The van der Waals surface area contributed by atoms with Gasteiger partial charge in [0.05, 0.1) is 31.8 Å². The highest BCUT2D eigenvalue weighted by atomic mass is 16.6. The molecule has 22 nitrogen and oxygen atoms in total. The molecule has 5 rings (SSSR count). The fraction of sp³-hybridized carbons (Fsp3) is 0. The van der Waals surface area contributed by atoms with Crippen molar-refractivity contribution in [1.29, 1.82) is 0 Å². The van der Waals surface area contributed by atoms with Gasteiger partial charge < -0.3 is 10.2 Å². The van der Waals surface area contributed by atoms with Crippen molar-refractivity contribution in [1.82, 2.24) is 29.5 Å². The van der Waals surface area contributed by atoms with Crippen LogP contribution in [0.2, 0.25) is 0 Å². The standard InChI is InChI=1S/C20H8N10O12/c31-19(32)15-13-17(25(23-15)9-3-1-7(27(35)36)5-11(9)29(39)40)22-18-14(21-13)16(20(33)34)24-26(18)10-4-2-8(28(37)38)6-12(10)30(41)42/h1-6H,(H,31,32)(H,33,34). The van der Waals surface area contributed by atoms with Crippen molar-refractivity contribution in [3.8, 4) is 11.4 Å². The summed E-state index contributed by atoms with van der Waals surface area (Å²) in [5.41, 5.74) is -8.08. The number of benzene rings is 2. The molecule has 2 N–H and O–H groups in total. The first kappa shape index (κ1) is 26.6. The molecule has 0 radical (unpaired) electrons. The minimum atomic E-state index is -1.72. The van der Waals surface area contributed by atoms with Crippen LogP contribution in [0, 0.1) is 40.5 Å². The summed E-state index contributed by atoms with van der Waals surface area (Å²) in [6.07, 6.45) is 0. The van der Waals surface area contributed by atoms with Crippen LogP contribution in [0.3, 0.4) is 0 Å². The average molecular weight is 580 g/mol. The Morgan fingerprint density at radius 3 is 1.31 bits per heavy atom. The number of carboxylic acid groups (broad SMARTS) is 2. The zero-order chi connectivity index (χ0) is 30.6. The highest BCUT2D eigenvalue weighted by Crippen LogP contribution is 2.33. The summed E-state index contributed by atoms with van der Waals surface area (Å²) in [6, 6.07) is 4.69. The van der Waals surface area contributed by atoms with E-state index in [4.69, 9.17) is 0 Å². The van der Waals surface area contributed by atoms with Crippen LogP contribution < -0.4 is 0 Å². The van der Waals surface area contributed by atoms with E-state index in [1.165, 1.54) is 0 Å². The number of carbonyl (C=O) groups is 2. The summed E-state index contributed by atoms with van der Waals surface area (Å²) >= 11 is 0. The third-order valence-electron chi connectivity index (χ3n) is 5.70. The molecule has 0 aliphatic carbocycles. The van der Waals surface area contributed by atoms with E-state index in [1.807, 2.05) is 0 Å².